The van der Waals surface area contributed by atoms with E-state index >= 15 is 0 Å². The minimum absolute atomic E-state index is 0.00419. The van der Waals surface area contributed by atoms with Gasteiger partial charge in [-0.25, -0.2) is 0 Å². The SMILES string of the molecule is CN=C(NCC1CCC(C(F)(F)F)CC1)NCC1COCCO1. The Kier molecular flexibility index (Phi) is 6.95. The summed E-state index contributed by atoms with van der Waals surface area (Å²) in [5.41, 5.74) is 0. The molecule has 1 aliphatic heterocycles. The van der Waals surface area contributed by atoms with Crippen LogP contribution in [0.5, 0.6) is 0 Å². The maximum atomic E-state index is 12.6. The molecule has 0 aromatic heterocycles. The monoisotopic (exact) mass is 337 g/mol. The fraction of sp³-hybridized carbons (Fsp3) is 0.933. The highest BCUT2D eigenvalue weighted by atomic mass is 19.4. The van der Waals surface area contributed by atoms with E-state index in [4.69, 9.17) is 9.47 Å². The summed E-state index contributed by atoms with van der Waals surface area (Å²) in [5, 5.41) is 6.36. The summed E-state index contributed by atoms with van der Waals surface area (Å²) in [7, 11) is 1.67. The Labute approximate surface area is 135 Å². The molecule has 1 unspecified atom stereocenters. The third-order valence-electron chi connectivity index (χ3n) is 4.47. The Morgan fingerprint density at radius 2 is 1.78 bits per heavy atom. The fourth-order valence-corrected chi connectivity index (χ4v) is 3.02. The standard InChI is InChI=1S/C15H26F3N3O2/c1-19-14(21-9-13-10-22-6-7-23-13)20-8-11-2-4-12(5-3-11)15(16,17)18/h11-13H,2-10H2,1H3,(H2,19,20,21). The lowest BCUT2D eigenvalue weighted by atomic mass is 9.81. The molecule has 0 spiro atoms. The molecule has 2 N–H and O–H groups in total. The maximum Gasteiger partial charge on any atom is 0.391 e. The quantitative estimate of drug-likeness (QED) is 0.608. The van der Waals surface area contributed by atoms with Gasteiger partial charge < -0.3 is 20.1 Å². The second kappa shape index (κ2) is 8.73. The summed E-state index contributed by atoms with van der Waals surface area (Å²) < 4.78 is 48.8. The highest BCUT2D eigenvalue weighted by molar-refractivity contribution is 5.79. The molecule has 1 saturated carbocycles. The number of aliphatic imine (C=N–C) groups is 1. The summed E-state index contributed by atoms with van der Waals surface area (Å²) in [6.07, 6.45) is -2.37. The molecule has 0 aromatic carbocycles. The van der Waals surface area contributed by atoms with Crippen LogP contribution in [0.15, 0.2) is 4.99 Å². The van der Waals surface area contributed by atoms with Crippen molar-refractivity contribution < 1.29 is 22.6 Å². The molecule has 1 atom stereocenters. The van der Waals surface area contributed by atoms with Gasteiger partial charge in [-0.3, -0.25) is 4.99 Å². The van der Waals surface area contributed by atoms with Gasteiger partial charge in [0.2, 0.25) is 0 Å². The fourth-order valence-electron chi connectivity index (χ4n) is 3.02. The van der Waals surface area contributed by atoms with E-state index in [1.807, 2.05) is 0 Å². The van der Waals surface area contributed by atoms with E-state index in [-0.39, 0.29) is 24.9 Å². The molecule has 2 aliphatic rings. The third-order valence-corrected chi connectivity index (χ3v) is 4.47. The molecular weight excluding hydrogens is 311 g/mol. The van der Waals surface area contributed by atoms with Gasteiger partial charge in [-0.2, -0.15) is 13.2 Å². The Balaban J connectivity index is 1.64. The number of ether oxygens (including phenoxy) is 2. The average molecular weight is 337 g/mol. The molecule has 1 heterocycles. The Hall–Kier alpha value is -1.02. The first-order chi connectivity index (χ1) is 11.0. The molecule has 0 aromatic rings. The normalized spacial score (nSPS) is 30.1. The van der Waals surface area contributed by atoms with Gasteiger partial charge in [0.15, 0.2) is 5.96 Å². The van der Waals surface area contributed by atoms with Crippen molar-refractivity contribution in [2.45, 2.75) is 38.0 Å². The zero-order valence-electron chi connectivity index (χ0n) is 13.5. The van der Waals surface area contributed by atoms with Gasteiger partial charge >= 0.3 is 6.18 Å². The Morgan fingerprint density at radius 1 is 1.09 bits per heavy atom. The number of nitrogens with zero attached hydrogens (tertiary/aromatic N) is 1. The molecule has 0 amide bonds. The predicted octanol–water partition coefficient (Wildman–Crippen LogP) is 1.94. The van der Waals surface area contributed by atoms with E-state index in [9.17, 15) is 13.2 Å². The lowest BCUT2D eigenvalue weighted by Crippen LogP contribution is -2.46. The highest BCUT2D eigenvalue weighted by Gasteiger charge is 2.41. The molecule has 134 valence electrons. The largest absolute Gasteiger partial charge is 0.391 e. The number of guanidine groups is 1. The van der Waals surface area contributed by atoms with Crippen LogP contribution in [-0.2, 0) is 9.47 Å². The second-order valence-electron chi connectivity index (χ2n) is 6.16. The van der Waals surface area contributed by atoms with Crippen LogP contribution >= 0.6 is 0 Å². The van der Waals surface area contributed by atoms with Crippen LogP contribution in [-0.4, -0.2) is 58.2 Å². The summed E-state index contributed by atoms with van der Waals surface area (Å²) in [5.74, 6) is -0.210. The first-order valence-electron chi connectivity index (χ1n) is 8.19. The molecule has 1 aliphatic carbocycles. The lowest BCUT2D eigenvalue weighted by Gasteiger charge is -2.30. The van der Waals surface area contributed by atoms with Crippen molar-refractivity contribution >= 4 is 5.96 Å². The Morgan fingerprint density at radius 3 is 2.35 bits per heavy atom. The maximum absolute atomic E-state index is 12.6. The molecule has 0 radical (unpaired) electrons. The van der Waals surface area contributed by atoms with Gasteiger partial charge in [0.1, 0.15) is 0 Å². The van der Waals surface area contributed by atoms with Crippen molar-refractivity contribution in [2.75, 3.05) is 40.0 Å². The molecule has 0 bridgehead atoms. The van der Waals surface area contributed by atoms with Gasteiger partial charge in [0.25, 0.3) is 0 Å². The first-order valence-corrected chi connectivity index (χ1v) is 8.19. The smallest absolute Gasteiger partial charge is 0.376 e. The topological polar surface area (TPSA) is 54.9 Å². The summed E-state index contributed by atoms with van der Waals surface area (Å²) >= 11 is 0. The highest BCUT2D eigenvalue weighted by Crippen LogP contribution is 2.39. The summed E-state index contributed by atoms with van der Waals surface area (Å²) in [6.45, 7) is 3.03. The number of rotatable bonds is 4. The minimum atomic E-state index is -4.04. The summed E-state index contributed by atoms with van der Waals surface area (Å²) in [6, 6.07) is 0. The number of halogens is 3. The molecule has 2 rings (SSSR count). The van der Waals surface area contributed by atoms with E-state index in [1.165, 1.54) is 0 Å². The second-order valence-corrected chi connectivity index (χ2v) is 6.16. The van der Waals surface area contributed by atoms with Crippen LogP contribution in [0.2, 0.25) is 0 Å². The van der Waals surface area contributed by atoms with Crippen molar-refractivity contribution in [3.05, 3.63) is 0 Å². The van der Waals surface area contributed by atoms with Crippen molar-refractivity contribution in [1.29, 1.82) is 0 Å². The van der Waals surface area contributed by atoms with Gasteiger partial charge in [0, 0.05) is 20.1 Å². The first kappa shape index (κ1) is 18.3. The molecule has 23 heavy (non-hydrogen) atoms. The number of nitrogens with one attached hydrogen (secondary N) is 2. The van der Waals surface area contributed by atoms with Crippen molar-refractivity contribution in [3.8, 4) is 0 Å². The zero-order chi connectivity index (χ0) is 16.7. The molecule has 1 saturated heterocycles. The van der Waals surface area contributed by atoms with Crippen LogP contribution in [0.1, 0.15) is 25.7 Å². The third kappa shape index (κ3) is 6.18. The van der Waals surface area contributed by atoms with E-state index in [1.54, 1.807) is 7.05 Å². The summed E-state index contributed by atoms with van der Waals surface area (Å²) in [4.78, 5) is 4.13. The molecule has 8 heteroatoms. The predicted molar refractivity (Wildman–Crippen MR) is 81.4 cm³/mol. The van der Waals surface area contributed by atoms with Crippen molar-refractivity contribution in [1.82, 2.24) is 10.6 Å². The van der Waals surface area contributed by atoms with Crippen molar-refractivity contribution in [3.63, 3.8) is 0 Å². The van der Waals surface area contributed by atoms with Crippen LogP contribution in [0.4, 0.5) is 13.2 Å². The van der Waals surface area contributed by atoms with Gasteiger partial charge in [-0.1, -0.05) is 0 Å². The van der Waals surface area contributed by atoms with Gasteiger partial charge in [0.05, 0.1) is 31.8 Å². The van der Waals surface area contributed by atoms with Gasteiger partial charge in [-0.05, 0) is 31.6 Å². The average Bonchev–Trinajstić information content (AvgIpc) is 2.55. The van der Waals surface area contributed by atoms with E-state index < -0.39 is 12.1 Å². The van der Waals surface area contributed by atoms with Crippen LogP contribution in [0.25, 0.3) is 0 Å². The zero-order valence-corrected chi connectivity index (χ0v) is 13.5. The van der Waals surface area contributed by atoms with E-state index in [2.05, 4.69) is 15.6 Å². The number of hydrogen-bond donors (Lipinski definition) is 2. The van der Waals surface area contributed by atoms with E-state index in [0.29, 0.717) is 51.7 Å². The van der Waals surface area contributed by atoms with Crippen LogP contribution < -0.4 is 10.6 Å². The van der Waals surface area contributed by atoms with Crippen molar-refractivity contribution in [2.24, 2.45) is 16.8 Å². The number of hydrogen-bond acceptors (Lipinski definition) is 3. The number of alkyl halides is 3. The van der Waals surface area contributed by atoms with E-state index in [0.717, 1.165) is 0 Å². The minimum Gasteiger partial charge on any atom is -0.376 e. The molecule has 2 fully saturated rings. The molecule has 5 nitrogen and oxygen atoms in total. The van der Waals surface area contributed by atoms with Crippen LogP contribution in [0, 0.1) is 11.8 Å². The van der Waals surface area contributed by atoms with Gasteiger partial charge in [-0.15, -0.1) is 0 Å². The molecular formula is C15H26F3N3O2. The Bertz CT molecular complexity index is 377. The van der Waals surface area contributed by atoms with Crippen LogP contribution in [0.3, 0.4) is 0 Å². The lowest BCUT2D eigenvalue weighted by molar-refractivity contribution is -0.183.